The highest BCUT2D eigenvalue weighted by molar-refractivity contribution is 5.96. The zero-order valence-electron chi connectivity index (χ0n) is 18.9. The third-order valence-corrected chi connectivity index (χ3v) is 5.11. The van der Waals surface area contributed by atoms with Crippen molar-refractivity contribution in [3.05, 3.63) is 78.0 Å². The number of fused-ring (bicyclic) bond motifs is 1. The number of aryl methyl sites for hydroxylation is 1. The largest absolute Gasteiger partial charge is 0.480 e. The molecule has 3 aromatic rings. The van der Waals surface area contributed by atoms with E-state index in [2.05, 4.69) is 10.3 Å². The quantitative estimate of drug-likeness (QED) is 0.302. The fraction of sp³-hybridized carbons (Fsp3) is 0.280. The highest BCUT2D eigenvalue weighted by Gasteiger charge is 2.22. The average Bonchev–Trinajstić information content (AvgIpc) is 2.85. The van der Waals surface area contributed by atoms with Gasteiger partial charge in [-0.2, -0.15) is 0 Å². The lowest BCUT2D eigenvalue weighted by Gasteiger charge is -2.17. The maximum Gasteiger partial charge on any atom is 0.326 e. The molecule has 1 aromatic heterocycles. The number of para-hydroxylation sites is 1. The number of rotatable bonds is 10. The summed E-state index contributed by atoms with van der Waals surface area (Å²) in [5.74, 6) is -1.94. The summed E-state index contributed by atoms with van der Waals surface area (Å²) >= 11 is 0. The second-order valence-corrected chi connectivity index (χ2v) is 7.74. The van der Waals surface area contributed by atoms with E-state index in [9.17, 15) is 14.4 Å². The molecule has 1 heterocycles. The summed E-state index contributed by atoms with van der Waals surface area (Å²) in [5.41, 5.74) is 18.7. The molecule has 34 heavy (non-hydrogen) atoms. The maximum absolute atomic E-state index is 11.9. The Balaban J connectivity index is 0.000000266. The van der Waals surface area contributed by atoms with Crippen molar-refractivity contribution in [3.8, 4) is 0 Å². The standard InChI is InChI=1S/C15H23N3O3.C10H8N2O/c16-10-4-7-13(15(20)21)18-14(19)12(17)9-8-11-5-2-1-3-6-11;11-10(13)8-5-7-3-1-2-4-9(7)12-6-8/h1-3,5-6,12-13H,4,7-10,16-17H2,(H,18,19)(H,20,21);1-6H,(H2,11,13)/t12-,13-;/m0./s1. The Morgan fingerprint density at radius 1 is 1.00 bits per heavy atom. The minimum absolute atomic E-state index is 0.309. The van der Waals surface area contributed by atoms with Gasteiger partial charge in [0.1, 0.15) is 6.04 Å². The summed E-state index contributed by atoms with van der Waals surface area (Å²) in [5, 5.41) is 12.4. The summed E-state index contributed by atoms with van der Waals surface area (Å²) in [7, 11) is 0. The molecular formula is C25H31N5O4. The van der Waals surface area contributed by atoms with Crippen molar-refractivity contribution in [1.82, 2.24) is 10.3 Å². The van der Waals surface area contributed by atoms with E-state index in [1.54, 1.807) is 6.07 Å². The van der Waals surface area contributed by atoms with Gasteiger partial charge < -0.3 is 27.6 Å². The van der Waals surface area contributed by atoms with Crippen LogP contribution >= 0.6 is 0 Å². The minimum atomic E-state index is -1.06. The topological polar surface area (TPSA) is 174 Å². The van der Waals surface area contributed by atoms with Gasteiger partial charge in [-0.15, -0.1) is 0 Å². The van der Waals surface area contributed by atoms with Gasteiger partial charge in [0, 0.05) is 11.6 Å². The molecule has 0 saturated carbocycles. The number of nitrogens with zero attached hydrogens (tertiary/aromatic N) is 1. The van der Waals surface area contributed by atoms with Crippen LogP contribution in [0.4, 0.5) is 0 Å². The Morgan fingerprint density at radius 3 is 2.32 bits per heavy atom. The van der Waals surface area contributed by atoms with E-state index in [4.69, 9.17) is 22.3 Å². The van der Waals surface area contributed by atoms with Crippen molar-refractivity contribution in [2.75, 3.05) is 6.54 Å². The number of aliphatic carboxylic acids is 1. The minimum Gasteiger partial charge on any atom is -0.480 e. The van der Waals surface area contributed by atoms with E-state index in [0.29, 0.717) is 37.8 Å². The third-order valence-electron chi connectivity index (χ3n) is 5.11. The van der Waals surface area contributed by atoms with Crippen molar-refractivity contribution >= 4 is 28.7 Å². The predicted molar refractivity (Wildman–Crippen MR) is 131 cm³/mol. The number of carboxylic acid groups (broad SMARTS) is 1. The first kappa shape index (κ1) is 26.4. The number of aromatic nitrogens is 1. The highest BCUT2D eigenvalue weighted by atomic mass is 16.4. The van der Waals surface area contributed by atoms with Gasteiger partial charge in [0.15, 0.2) is 0 Å². The van der Waals surface area contributed by atoms with E-state index in [-0.39, 0.29) is 0 Å². The molecule has 2 amide bonds. The van der Waals surface area contributed by atoms with Crippen LogP contribution in [0.5, 0.6) is 0 Å². The lowest BCUT2D eigenvalue weighted by molar-refractivity contribution is -0.142. The molecule has 0 fully saturated rings. The first-order chi connectivity index (χ1) is 16.3. The first-order valence-corrected chi connectivity index (χ1v) is 11.0. The number of nitrogens with one attached hydrogen (secondary N) is 1. The van der Waals surface area contributed by atoms with Crippen molar-refractivity contribution in [2.45, 2.75) is 37.8 Å². The van der Waals surface area contributed by atoms with Crippen LogP contribution in [-0.4, -0.2) is 46.5 Å². The van der Waals surface area contributed by atoms with E-state index in [1.165, 1.54) is 6.20 Å². The van der Waals surface area contributed by atoms with Crippen LogP contribution in [0.2, 0.25) is 0 Å². The normalized spacial score (nSPS) is 12.2. The molecule has 9 heteroatoms. The van der Waals surface area contributed by atoms with E-state index >= 15 is 0 Å². The van der Waals surface area contributed by atoms with Crippen LogP contribution in [0, 0.1) is 0 Å². The van der Waals surface area contributed by atoms with E-state index in [0.717, 1.165) is 16.5 Å². The van der Waals surface area contributed by atoms with Crippen molar-refractivity contribution in [2.24, 2.45) is 17.2 Å². The third kappa shape index (κ3) is 8.61. The van der Waals surface area contributed by atoms with Crippen molar-refractivity contribution in [1.29, 1.82) is 0 Å². The van der Waals surface area contributed by atoms with Crippen molar-refractivity contribution in [3.63, 3.8) is 0 Å². The molecule has 9 nitrogen and oxygen atoms in total. The van der Waals surface area contributed by atoms with Gasteiger partial charge >= 0.3 is 5.97 Å². The molecule has 0 unspecified atom stereocenters. The summed E-state index contributed by atoms with van der Waals surface area (Å²) in [6, 6.07) is 17.4. The zero-order chi connectivity index (χ0) is 24.9. The molecule has 2 aromatic carbocycles. The fourth-order valence-corrected chi connectivity index (χ4v) is 3.16. The van der Waals surface area contributed by atoms with Gasteiger partial charge in [0.25, 0.3) is 0 Å². The number of hydrogen-bond donors (Lipinski definition) is 5. The lowest BCUT2D eigenvalue weighted by atomic mass is 10.0. The van der Waals surface area contributed by atoms with Crippen LogP contribution < -0.4 is 22.5 Å². The van der Waals surface area contributed by atoms with Gasteiger partial charge in [0.05, 0.1) is 17.1 Å². The molecule has 3 rings (SSSR count). The number of carbonyl (C=O) groups is 3. The zero-order valence-corrected chi connectivity index (χ0v) is 18.9. The Hall–Kier alpha value is -3.82. The Labute approximate surface area is 198 Å². The second-order valence-electron chi connectivity index (χ2n) is 7.74. The lowest BCUT2D eigenvalue weighted by Crippen LogP contribution is -2.48. The average molecular weight is 466 g/mol. The first-order valence-electron chi connectivity index (χ1n) is 11.0. The monoisotopic (exact) mass is 465 g/mol. The number of primary amides is 1. The van der Waals surface area contributed by atoms with E-state index < -0.39 is 29.9 Å². The second kappa shape index (κ2) is 13.7. The molecule has 0 saturated heterocycles. The Morgan fingerprint density at radius 2 is 1.68 bits per heavy atom. The summed E-state index contributed by atoms with van der Waals surface area (Å²) in [6.07, 6.45) is 3.49. The highest BCUT2D eigenvalue weighted by Crippen LogP contribution is 2.12. The maximum atomic E-state index is 11.9. The van der Waals surface area contributed by atoms with Gasteiger partial charge in [-0.25, -0.2) is 4.79 Å². The summed E-state index contributed by atoms with van der Waals surface area (Å²) < 4.78 is 0. The van der Waals surface area contributed by atoms with Gasteiger partial charge in [0.2, 0.25) is 11.8 Å². The summed E-state index contributed by atoms with van der Waals surface area (Å²) in [4.78, 5) is 37.9. The number of pyridine rings is 1. The summed E-state index contributed by atoms with van der Waals surface area (Å²) in [6.45, 7) is 0.389. The van der Waals surface area contributed by atoms with Crippen LogP contribution in [0.25, 0.3) is 10.9 Å². The van der Waals surface area contributed by atoms with Crippen LogP contribution in [-0.2, 0) is 16.0 Å². The number of carbonyl (C=O) groups excluding carboxylic acids is 2. The smallest absolute Gasteiger partial charge is 0.326 e. The molecule has 0 spiro atoms. The molecule has 8 N–H and O–H groups in total. The number of amides is 2. The molecular weight excluding hydrogens is 434 g/mol. The van der Waals surface area contributed by atoms with Crippen LogP contribution in [0.3, 0.4) is 0 Å². The molecule has 0 aliphatic carbocycles. The molecule has 0 radical (unpaired) electrons. The Bertz CT molecular complexity index is 1090. The number of benzene rings is 2. The van der Waals surface area contributed by atoms with Gasteiger partial charge in [-0.05, 0) is 49.9 Å². The fourth-order valence-electron chi connectivity index (χ4n) is 3.16. The number of carboxylic acids is 1. The SMILES string of the molecule is NC(=O)c1cnc2ccccc2c1.NCCC[C@H](NC(=O)[C@@H](N)CCc1ccccc1)C(=O)O. The van der Waals surface area contributed by atoms with Crippen LogP contribution in [0.1, 0.15) is 35.2 Å². The molecule has 0 bridgehead atoms. The number of hydrogen-bond acceptors (Lipinski definition) is 6. The van der Waals surface area contributed by atoms with E-state index in [1.807, 2.05) is 54.6 Å². The molecule has 2 atom stereocenters. The molecule has 180 valence electrons. The van der Waals surface area contributed by atoms with Gasteiger partial charge in [-0.1, -0.05) is 48.5 Å². The van der Waals surface area contributed by atoms with Crippen molar-refractivity contribution < 1.29 is 19.5 Å². The van der Waals surface area contributed by atoms with Gasteiger partial charge in [-0.3, -0.25) is 14.6 Å². The molecule has 0 aliphatic rings. The van der Waals surface area contributed by atoms with Crippen LogP contribution in [0.15, 0.2) is 66.9 Å². The predicted octanol–water partition coefficient (Wildman–Crippen LogP) is 1.59. The Kier molecular flexibility index (Phi) is 10.6. The number of nitrogens with two attached hydrogens (primary N) is 3. The molecule has 0 aliphatic heterocycles.